The molecule has 1 amide bonds. The minimum atomic E-state index is -1.35. The highest BCUT2D eigenvalue weighted by Gasteiger charge is 2.31. The maximum absolute atomic E-state index is 12.2. The number of nitrogens with one attached hydrogen (secondary N) is 1. The van der Waals surface area contributed by atoms with Gasteiger partial charge in [0.25, 0.3) is 5.91 Å². The van der Waals surface area contributed by atoms with E-state index in [0.29, 0.717) is 10.7 Å². The Morgan fingerprint density at radius 1 is 1.40 bits per heavy atom. The molecule has 2 aromatic rings. The van der Waals surface area contributed by atoms with E-state index in [9.17, 15) is 9.59 Å². The number of fused-ring (bicyclic) bond motifs is 1. The van der Waals surface area contributed by atoms with E-state index >= 15 is 0 Å². The Morgan fingerprint density at radius 2 is 2.10 bits per heavy atom. The van der Waals surface area contributed by atoms with Crippen molar-refractivity contribution in [3.05, 3.63) is 30.1 Å². The molecule has 0 saturated heterocycles. The summed E-state index contributed by atoms with van der Waals surface area (Å²) in [4.78, 5) is 27.6. The highest BCUT2D eigenvalue weighted by atomic mass is 32.2. The van der Waals surface area contributed by atoms with Crippen molar-refractivity contribution in [3.63, 3.8) is 0 Å². The third-order valence-electron chi connectivity index (χ3n) is 2.87. The van der Waals surface area contributed by atoms with Gasteiger partial charge in [-0.1, -0.05) is 17.8 Å². The first-order valence-corrected chi connectivity index (χ1v) is 7.16. The fraction of sp³-hybridized carbons (Fsp3) is 0.308. The number of aliphatic carboxylic acids is 1. The largest absolute Gasteiger partial charge is 0.480 e. The molecule has 0 spiro atoms. The van der Waals surface area contributed by atoms with E-state index in [1.165, 1.54) is 25.6 Å². The van der Waals surface area contributed by atoms with Crippen LogP contribution in [0.4, 0.5) is 0 Å². The molecule has 20 heavy (non-hydrogen) atoms. The number of pyridine rings is 1. The number of amides is 1. The second-order valence-electron chi connectivity index (χ2n) is 4.79. The maximum atomic E-state index is 12.2. The lowest BCUT2D eigenvalue weighted by atomic mass is 10.1. The van der Waals surface area contributed by atoms with Gasteiger partial charge in [0.05, 0.1) is 5.52 Å². The molecule has 2 heterocycles. The summed E-state index contributed by atoms with van der Waals surface area (Å²) < 4.78 is 1.80. The Kier molecular flexibility index (Phi) is 3.71. The van der Waals surface area contributed by atoms with Crippen LogP contribution in [0.15, 0.2) is 29.6 Å². The summed E-state index contributed by atoms with van der Waals surface area (Å²) in [5.41, 5.74) is -0.471. The summed E-state index contributed by atoms with van der Waals surface area (Å²) >= 11 is 1.42. The van der Waals surface area contributed by atoms with E-state index in [0.717, 1.165) is 0 Å². The molecule has 0 atom stereocenters. The Hall–Kier alpha value is -2.02. The van der Waals surface area contributed by atoms with E-state index in [-0.39, 0.29) is 5.69 Å². The Morgan fingerprint density at radius 3 is 2.70 bits per heavy atom. The van der Waals surface area contributed by atoms with E-state index in [4.69, 9.17) is 5.11 Å². The first-order chi connectivity index (χ1) is 9.36. The van der Waals surface area contributed by atoms with Gasteiger partial charge in [-0.15, -0.1) is 0 Å². The summed E-state index contributed by atoms with van der Waals surface area (Å²) in [7, 11) is 0. The summed E-state index contributed by atoms with van der Waals surface area (Å²) in [5, 5.41) is 12.2. The molecule has 0 unspecified atom stereocenters. The van der Waals surface area contributed by atoms with Crippen molar-refractivity contribution in [1.82, 2.24) is 14.7 Å². The van der Waals surface area contributed by atoms with Crippen molar-refractivity contribution in [3.8, 4) is 0 Å². The van der Waals surface area contributed by atoms with Crippen LogP contribution in [0.3, 0.4) is 0 Å². The van der Waals surface area contributed by atoms with Gasteiger partial charge < -0.3 is 10.4 Å². The van der Waals surface area contributed by atoms with Crippen LogP contribution in [0.25, 0.3) is 5.52 Å². The van der Waals surface area contributed by atoms with Gasteiger partial charge in [0, 0.05) is 6.20 Å². The van der Waals surface area contributed by atoms with Gasteiger partial charge in [-0.25, -0.2) is 9.78 Å². The van der Waals surface area contributed by atoms with Crippen LogP contribution in [0.5, 0.6) is 0 Å². The lowest BCUT2D eigenvalue weighted by Crippen LogP contribution is -2.49. The standard InChI is InChI=1S/C13H15N3O3S/c1-13(2,11(18)19)15-10(17)9-8-6-4-5-7-16(8)12(14-9)20-3/h4-7H,1-3H3,(H,15,17)(H,18,19). The Labute approximate surface area is 120 Å². The zero-order valence-electron chi connectivity index (χ0n) is 11.4. The molecule has 0 aromatic carbocycles. The van der Waals surface area contributed by atoms with Gasteiger partial charge in [0.2, 0.25) is 0 Å². The van der Waals surface area contributed by atoms with Gasteiger partial charge in [-0.3, -0.25) is 9.20 Å². The molecular formula is C13H15N3O3S. The number of imidazole rings is 1. The molecule has 2 N–H and O–H groups in total. The van der Waals surface area contributed by atoms with E-state index < -0.39 is 17.4 Å². The van der Waals surface area contributed by atoms with E-state index in [1.807, 2.05) is 18.5 Å². The van der Waals surface area contributed by atoms with Crippen LogP contribution in [-0.2, 0) is 4.79 Å². The molecule has 0 bridgehead atoms. The number of carboxylic acids is 1. The first kappa shape index (κ1) is 14.4. The van der Waals surface area contributed by atoms with Crippen LogP contribution in [0.1, 0.15) is 24.3 Å². The number of hydrogen-bond acceptors (Lipinski definition) is 4. The lowest BCUT2D eigenvalue weighted by Gasteiger charge is -2.20. The average Bonchev–Trinajstić information content (AvgIpc) is 2.77. The van der Waals surface area contributed by atoms with Crippen LogP contribution in [0, 0.1) is 0 Å². The molecule has 0 fully saturated rings. The molecule has 2 aromatic heterocycles. The smallest absolute Gasteiger partial charge is 0.328 e. The van der Waals surface area contributed by atoms with Crippen molar-refractivity contribution in [2.45, 2.75) is 24.5 Å². The minimum Gasteiger partial charge on any atom is -0.480 e. The molecule has 0 aliphatic heterocycles. The predicted octanol–water partition coefficient (Wildman–Crippen LogP) is 1.65. The van der Waals surface area contributed by atoms with Crippen molar-refractivity contribution < 1.29 is 14.7 Å². The molecule has 6 nitrogen and oxygen atoms in total. The quantitative estimate of drug-likeness (QED) is 0.837. The van der Waals surface area contributed by atoms with Gasteiger partial charge in [0.1, 0.15) is 5.54 Å². The van der Waals surface area contributed by atoms with Crippen LogP contribution >= 0.6 is 11.8 Å². The second-order valence-corrected chi connectivity index (χ2v) is 5.56. The van der Waals surface area contributed by atoms with Crippen molar-refractivity contribution in [1.29, 1.82) is 0 Å². The number of hydrogen-bond donors (Lipinski definition) is 2. The zero-order valence-corrected chi connectivity index (χ0v) is 12.2. The molecule has 0 aliphatic carbocycles. The van der Waals surface area contributed by atoms with E-state index in [1.54, 1.807) is 16.5 Å². The highest BCUT2D eigenvalue weighted by Crippen LogP contribution is 2.20. The number of nitrogens with zero attached hydrogens (tertiary/aromatic N) is 2. The van der Waals surface area contributed by atoms with Crippen molar-refractivity contribution >= 4 is 29.2 Å². The molecule has 2 rings (SSSR count). The number of carbonyl (C=O) groups is 2. The number of carboxylic acid groups (broad SMARTS) is 1. The summed E-state index contributed by atoms with van der Waals surface area (Å²) in [6.07, 6.45) is 3.68. The summed E-state index contributed by atoms with van der Waals surface area (Å²) in [6, 6.07) is 5.42. The molecule has 0 radical (unpaired) electrons. The number of aromatic nitrogens is 2. The predicted molar refractivity (Wildman–Crippen MR) is 76.2 cm³/mol. The number of thioether (sulfide) groups is 1. The first-order valence-electron chi connectivity index (χ1n) is 5.94. The highest BCUT2D eigenvalue weighted by molar-refractivity contribution is 7.98. The lowest BCUT2D eigenvalue weighted by molar-refractivity contribution is -0.143. The van der Waals surface area contributed by atoms with Gasteiger partial charge in [-0.2, -0.15) is 0 Å². The van der Waals surface area contributed by atoms with Crippen LogP contribution < -0.4 is 5.32 Å². The minimum absolute atomic E-state index is 0.226. The molecule has 0 aliphatic rings. The monoisotopic (exact) mass is 293 g/mol. The van der Waals surface area contributed by atoms with E-state index in [2.05, 4.69) is 10.3 Å². The fourth-order valence-electron chi connectivity index (χ4n) is 1.72. The summed E-state index contributed by atoms with van der Waals surface area (Å²) in [6.45, 7) is 2.86. The third-order valence-corrected chi connectivity index (χ3v) is 3.53. The van der Waals surface area contributed by atoms with Crippen LogP contribution in [0.2, 0.25) is 0 Å². The average molecular weight is 293 g/mol. The number of rotatable bonds is 4. The Balaban J connectivity index is 2.43. The Bertz CT molecular complexity index is 679. The van der Waals surface area contributed by atoms with Crippen molar-refractivity contribution in [2.24, 2.45) is 0 Å². The van der Waals surface area contributed by atoms with Gasteiger partial charge in [0.15, 0.2) is 10.9 Å². The van der Waals surface area contributed by atoms with Crippen LogP contribution in [-0.4, -0.2) is 38.2 Å². The zero-order chi connectivity index (χ0) is 14.9. The number of carbonyl (C=O) groups excluding carboxylic acids is 1. The fourth-order valence-corrected chi connectivity index (χ4v) is 2.26. The van der Waals surface area contributed by atoms with Gasteiger partial charge in [-0.05, 0) is 32.2 Å². The molecule has 0 saturated carbocycles. The second kappa shape index (κ2) is 5.16. The topological polar surface area (TPSA) is 83.7 Å². The molecule has 106 valence electrons. The van der Waals surface area contributed by atoms with Crippen molar-refractivity contribution in [2.75, 3.05) is 6.26 Å². The molecular weight excluding hydrogens is 278 g/mol. The molecule has 7 heteroatoms. The normalized spacial score (nSPS) is 11.6. The maximum Gasteiger partial charge on any atom is 0.328 e. The third kappa shape index (κ3) is 2.49. The SMILES string of the molecule is CSc1nc(C(=O)NC(C)(C)C(=O)O)c2ccccn12. The van der Waals surface area contributed by atoms with Gasteiger partial charge >= 0.3 is 5.97 Å². The summed E-state index contributed by atoms with van der Waals surface area (Å²) in [5.74, 6) is -1.60.